The second kappa shape index (κ2) is 8.39. The van der Waals surface area contributed by atoms with Gasteiger partial charge >= 0.3 is 12.4 Å². The number of nitrogens with one attached hydrogen (secondary N) is 1. The molecule has 13 heteroatoms. The highest BCUT2D eigenvalue weighted by Gasteiger charge is 2.33. The Morgan fingerprint density at radius 3 is 2.21 bits per heavy atom. The number of hydrogen-bond acceptors (Lipinski definition) is 6. The molecule has 34 heavy (non-hydrogen) atoms. The number of pyridine rings is 2. The molecule has 0 aromatic carbocycles. The highest BCUT2D eigenvalue weighted by Crippen LogP contribution is 2.31. The monoisotopic (exact) mass is 479 g/mol. The third-order valence-electron chi connectivity index (χ3n) is 4.56. The molecule has 7 nitrogen and oxygen atoms in total. The lowest BCUT2D eigenvalue weighted by Gasteiger charge is -2.12. The van der Waals surface area contributed by atoms with Crippen molar-refractivity contribution in [3.8, 4) is 17.5 Å². The van der Waals surface area contributed by atoms with Crippen LogP contribution in [-0.4, -0.2) is 29.5 Å². The van der Waals surface area contributed by atoms with Crippen molar-refractivity contribution < 1.29 is 26.3 Å². The number of anilines is 2. The van der Waals surface area contributed by atoms with E-state index in [0.29, 0.717) is 0 Å². The normalized spacial score (nSPS) is 12.1. The highest BCUT2D eigenvalue weighted by molar-refractivity contribution is 5.58. The Morgan fingerprint density at radius 2 is 1.56 bits per heavy atom. The van der Waals surface area contributed by atoms with Crippen molar-refractivity contribution in [2.75, 3.05) is 5.32 Å². The first-order valence-corrected chi connectivity index (χ1v) is 9.67. The van der Waals surface area contributed by atoms with Crippen molar-refractivity contribution in [1.82, 2.24) is 29.5 Å². The van der Waals surface area contributed by atoms with Crippen LogP contribution in [0, 0.1) is 13.8 Å². The first kappa shape index (κ1) is 23.1. The van der Waals surface area contributed by atoms with Crippen LogP contribution in [0.15, 0.2) is 48.8 Å². The minimum absolute atomic E-state index is 0.0252. The molecule has 1 N–H and O–H groups in total. The maximum atomic E-state index is 13.2. The fraction of sp³-hybridized carbons (Fsp3) is 0.190. The summed E-state index contributed by atoms with van der Waals surface area (Å²) in [5.74, 6) is -0.346. The van der Waals surface area contributed by atoms with Crippen LogP contribution in [0.4, 0.5) is 38.0 Å². The quantitative estimate of drug-likeness (QED) is 0.389. The van der Waals surface area contributed by atoms with Crippen LogP contribution in [0.3, 0.4) is 0 Å². The first-order valence-electron chi connectivity index (χ1n) is 9.67. The van der Waals surface area contributed by atoms with Crippen molar-refractivity contribution >= 4 is 11.6 Å². The second-order valence-corrected chi connectivity index (χ2v) is 7.27. The van der Waals surface area contributed by atoms with E-state index < -0.39 is 23.7 Å². The van der Waals surface area contributed by atoms with Crippen LogP contribution in [0.1, 0.15) is 22.6 Å². The molecule has 176 valence electrons. The zero-order valence-electron chi connectivity index (χ0n) is 17.6. The molecule has 4 aromatic heterocycles. The van der Waals surface area contributed by atoms with Gasteiger partial charge in [-0.15, -0.1) is 0 Å². The van der Waals surface area contributed by atoms with E-state index in [1.165, 1.54) is 12.1 Å². The van der Waals surface area contributed by atoms with E-state index >= 15 is 0 Å². The molecule has 4 aromatic rings. The fourth-order valence-corrected chi connectivity index (χ4v) is 3.11. The predicted octanol–water partition coefficient (Wildman–Crippen LogP) is 5.52. The number of alkyl halides is 6. The summed E-state index contributed by atoms with van der Waals surface area (Å²) in [5, 5.41) is 2.64. The van der Waals surface area contributed by atoms with Gasteiger partial charge in [0.05, 0.1) is 0 Å². The van der Waals surface area contributed by atoms with Crippen LogP contribution in [0.2, 0.25) is 0 Å². The Bertz CT molecular complexity index is 1340. The van der Waals surface area contributed by atoms with E-state index in [2.05, 4.69) is 30.2 Å². The molecule has 0 aliphatic carbocycles. The number of halogens is 6. The number of rotatable bonds is 4. The van der Waals surface area contributed by atoms with Gasteiger partial charge in [0.15, 0.2) is 5.82 Å². The Hall–Kier alpha value is -4.03. The van der Waals surface area contributed by atoms with Crippen LogP contribution in [0.5, 0.6) is 0 Å². The third kappa shape index (κ3) is 4.97. The summed E-state index contributed by atoms with van der Waals surface area (Å²) in [6, 6.07) is 7.12. The molecule has 4 rings (SSSR count). The van der Waals surface area contributed by atoms with Gasteiger partial charge in [0.2, 0.25) is 11.9 Å². The average molecular weight is 479 g/mol. The Kier molecular flexibility index (Phi) is 5.71. The average Bonchev–Trinajstić information content (AvgIpc) is 3.10. The summed E-state index contributed by atoms with van der Waals surface area (Å²) in [4.78, 5) is 19.5. The van der Waals surface area contributed by atoms with Crippen molar-refractivity contribution in [3.63, 3.8) is 0 Å². The third-order valence-corrected chi connectivity index (χ3v) is 4.56. The molecule has 0 aliphatic heterocycles. The fourth-order valence-electron chi connectivity index (χ4n) is 3.11. The molecular formula is C21H15F6N7. The van der Waals surface area contributed by atoms with Crippen LogP contribution >= 0.6 is 0 Å². The Labute approximate surface area is 188 Å². The molecule has 4 heterocycles. The largest absolute Gasteiger partial charge is 0.433 e. The predicted molar refractivity (Wildman–Crippen MR) is 109 cm³/mol. The van der Waals surface area contributed by atoms with Crippen molar-refractivity contribution in [1.29, 1.82) is 0 Å². The molecule has 0 saturated heterocycles. The van der Waals surface area contributed by atoms with Gasteiger partial charge < -0.3 is 5.32 Å². The second-order valence-electron chi connectivity index (χ2n) is 7.27. The molecule has 0 atom stereocenters. The SMILES string of the molecule is Cc1cc(C)n(-c2nc(Nc3ccnc(C(F)(F)F)c3)nc(-c3cccc(C(F)(F)F)n3)n2)c1. The van der Waals surface area contributed by atoms with E-state index in [0.717, 1.165) is 35.7 Å². The number of aryl methyl sites for hydroxylation is 2. The van der Waals surface area contributed by atoms with Crippen molar-refractivity contribution in [2.45, 2.75) is 26.2 Å². The summed E-state index contributed by atoms with van der Waals surface area (Å²) < 4.78 is 80.1. The van der Waals surface area contributed by atoms with Crippen LogP contribution in [0.25, 0.3) is 17.5 Å². The van der Waals surface area contributed by atoms with Gasteiger partial charge in [-0.05, 0) is 49.7 Å². The topological polar surface area (TPSA) is 81.4 Å². The van der Waals surface area contributed by atoms with Gasteiger partial charge in [-0.2, -0.15) is 41.3 Å². The van der Waals surface area contributed by atoms with E-state index in [4.69, 9.17) is 0 Å². The van der Waals surface area contributed by atoms with Gasteiger partial charge in [0.1, 0.15) is 17.1 Å². The number of nitrogens with zero attached hydrogens (tertiary/aromatic N) is 6. The van der Waals surface area contributed by atoms with E-state index in [9.17, 15) is 26.3 Å². The molecule has 0 aliphatic rings. The molecule has 0 spiro atoms. The van der Waals surface area contributed by atoms with E-state index in [-0.39, 0.29) is 29.1 Å². The lowest BCUT2D eigenvalue weighted by atomic mass is 10.3. The lowest BCUT2D eigenvalue weighted by molar-refractivity contribution is -0.141. The molecule has 0 fully saturated rings. The Morgan fingerprint density at radius 1 is 0.824 bits per heavy atom. The highest BCUT2D eigenvalue weighted by atomic mass is 19.4. The number of aromatic nitrogens is 6. The zero-order valence-corrected chi connectivity index (χ0v) is 17.6. The Balaban J connectivity index is 1.83. The van der Waals surface area contributed by atoms with Crippen LogP contribution in [-0.2, 0) is 12.4 Å². The maximum Gasteiger partial charge on any atom is 0.433 e. The smallest absolute Gasteiger partial charge is 0.324 e. The standard InChI is InChI=1S/C21H15F6N7/c1-11-8-12(2)34(10-11)19-32-17(14-4-3-5-15(30-14)20(22,23)24)31-18(33-19)29-13-6-7-28-16(9-13)21(25,26)27/h3-10H,1-2H3,(H,28,29,31,32,33). The van der Waals surface area contributed by atoms with Gasteiger partial charge in [-0.25, -0.2) is 4.98 Å². The summed E-state index contributed by atoms with van der Waals surface area (Å²) in [7, 11) is 0. The van der Waals surface area contributed by atoms with Crippen LogP contribution < -0.4 is 5.32 Å². The molecule has 0 radical (unpaired) electrons. The molecule has 0 amide bonds. The maximum absolute atomic E-state index is 13.2. The lowest BCUT2D eigenvalue weighted by Crippen LogP contribution is -2.12. The number of hydrogen-bond donors (Lipinski definition) is 1. The van der Waals surface area contributed by atoms with E-state index in [1.807, 2.05) is 13.0 Å². The minimum atomic E-state index is -4.69. The van der Waals surface area contributed by atoms with Crippen molar-refractivity contribution in [3.05, 3.63) is 71.4 Å². The molecular weight excluding hydrogens is 464 g/mol. The summed E-state index contributed by atoms with van der Waals surface area (Å²) in [6.07, 6.45) is -6.70. The van der Waals surface area contributed by atoms with Crippen molar-refractivity contribution in [2.24, 2.45) is 0 Å². The van der Waals surface area contributed by atoms with Gasteiger partial charge in [0.25, 0.3) is 0 Å². The van der Waals surface area contributed by atoms with E-state index in [1.54, 1.807) is 17.7 Å². The summed E-state index contributed by atoms with van der Waals surface area (Å²) in [5.41, 5.74) is -0.894. The molecule has 0 saturated carbocycles. The first-order chi connectivity index (χ1) is 15.9. The van der Waals surface area contributed by atoms with Gasteiger partial charge in [0, 0.05) is 23.8 Å². The van der Waals surface area contributed by atoms with Gasteiger partial charge in [-0.1, -0.05) is 6.07 Å². The summed E-state index contributed by atoms with van der Waals surface area (Å²) >= 11 is 0. The minimum Gasteiger partial charge on any atom is -0.324 e. The molecule has 0 bridgehead atoms. The molecule has 0 unspecified atom stereocenters. The zero-order chi connectivity index (χ0) is 24.7. The van der Waals surface area contributed by atoms with Gasteiger partial charge in [-0.3, -0.25) is 9.55 Å². The summed E-state index contributed by atoms with van der Waals surface area (Å²) in [6.45, 7) is 3.60.